The summed E-state index contributed by atoms with van der Waals surface area (Å²) in [6.07, 6.45) is -11.4. The maximum atomic E-state index is 14.2. The number of hydrogen-bond acceptors (Lipinski definition) is 4. The van der Waals surface area contributed by atoms with Crippen LogP contribution in [0.5, 0.6) is 5.75 Å². The molecular weight excluding hydrogens is 464 g/mol. The Morgan fingerprint density at radius 3 is 2.26 bits per heavy atom. The molecule has 0 bridgehead atoms. The highest BCUT2D eigenvalue weighted by Gasteiger charge is 2.45. The van der Waals surface area contributed by atoms with Crippen LogP contribution in [0.2, 0.25) is 0 Å². The normalized spacial score (nSPS) is 16.8. The molecule has 4 rings (SSSR count). The predicted molar refractivity (Wildman–Crippen MR) is 112 cm³/mol. The first-order valence-electron chi connectivity index (χ1n) is 9.90. The quantitative estimate of drug-likeness (QED) is 0.455. The average Bonchev–Trinajstić information content (AvgIpc) is 3.04. The number of carbonyl (C=O) groups is 1. The average molecular weight is 481 g/mol. The number of alkyl halides is 6. The minimum absolute atomic E-state index is 0.000586. The molecule has 1 unspecified atom stereocenters. The first-order valence-corrected chi connectivity index (χ1v) is 9.90. The Morgan fingerprint density at radius 1 is 0.971 bits per heavy atom. The van der Waals surface area contributed by atoms with Gasteiger partial charge >= 0.3 is 12.4 Å². The molecule has 0 spiro atoms. The van der Waals surface area contributed by atoms with Gasteiger partial charge < -0.3 is 15.2 Å². The van der Waals surface area contributed by atoms with Crippen LogP contribution in [-0.2, 0) is 21.9 Å². The molecule has 1 aliphatic rings. The van der Waals surface area contributed by atoms with E-state index in [-0.39, 0.29) is 22.3 Å². The molecule has 1 atom stereocenters. The number of Topliss-reactive ketones (excluding diaryl/α,β-unsaturated/α-hetero) is 1. The van der Waals surface area contributed by atoms with Gasteiger partial charge in [-0.3, -0.25) is 4.79 Å². The van der Waals surface area contributed by atoms with Crippen LogP contribution in [0.15, 0.2) is 54.4 Å². The summed E-state index contributed by atoms with van der Waals surface area (Å²) >= 11 is 0. The third kappa shape index (κ3) is 3.82. The fourth-order valence-electron chi connectivity index (χ4n) is 4.23. The maximum absolute atomic E-state index is 14.2. The Hall–Kier alpha value is -3.69. The van der Waals surface area contributed by atoms with Crippen LogP contribution in [0.3, 0.4) is 0 Å². The molecule has 0 radical (unpaired) electrons. The number of fused-ring (bicyclic) bond motifs is 1. The third-order valence-corrected chi connectivity index (χ3v) is 5.58. The molecule has 0 aromatic heterocycles. The van der Waals surface area contributed by atoms with Crippen LogP contribution >= 0.6 is 0 Å². The largest absolute Gasteiger partial charge is 0.496 e. The number of carbonyl (C=O) groups excluding carboxylic acids is 1. The van der Waals surface area contributed by atoms with Crippen LogP contribution in [0.1, 0.15) is 33.9 Å². The molecule has 3 aromatic rings. The van der Waals surface area contributed by atoms with Crippen molar-refractivity contribution in [1.29, 1.82) is 0 Å². The summed E-state index contributed by atoms with van der Waals surface area (Å²) in [5, 5.41) is 0.363. The van der Waals surface area contributed by atoms with Crippen molar-refractivity contribution >= 4 is 22.1 Å². The number of hydrogen-bond donors (Lipinski definition) is 1. The number of halogens is 6. The highest BCUT2D eigenvalue weighted by Crippen LogP contribution is 2.48. The van der Waals surface area contributed by atoms with Crippen LogP contribution in [0, 0.1) is 6.92 Å². The van der Waals surface area contributed by atoms with Crippen LogP contribution < -0.4 is 10.5 Å². The number of methoxy groups -OCH3 is 1. The molecule has 4 nitrogen and oxygen atoms in total. The maximum Gasteiger partial charge on any atom is 0.417 e. The number of ether oxygens (including phenoxy) is 2. The molecule has 0 aliphatic carbocycles. The second-order valence-electron chi connectivity index (χ2n) is 7.72. The molecule has 0 saturated heterocycles. The van der Waals surface area contributed by atoms with E-state index >= 15 is 0 Å². The molecule has 0 amide bonds. The summed E-state index contributed by atoms with van der Waals surface area (Å²) in [7, 11) is 1.27. The summed E-state index contributed by atoms with van der Waals surface area (Å²) in [5.41, 5.74) is 2.41. The summed E-state index contributed by atoms with van der Waals surface area (Å²) in [6, 6.07) is 9.67. The van der Waals surface area contributed by atoms with Gasteiger partial charge in [-0.15, -0.1) is 0 Å². The molecule has 10 heteroatoms. The zero-order valence-corrected chi connectivity index (χ0v) is 17.8. The van der Waals surface area contributed by atoms with E-state index in [9.17, 15) is 31.1 Å². The number of benzene rings is 3. The van der Waals surface area contributed by atoms with Crippen LogP contribution in [0.4, 0.5) is 26.3 Å². The minimum atomic E-state index is -4.87. The fraction of sp³-hybridized carbons (Fsp3) is 0.208. The molecule has 2 N–H and O–H groups in total. The Kier molecular flexibility index (Phi) is 5.50. The molecule has 0 saturated carbocycles. The van der Waals surface area contributed by atoms with Gasteiger partial charge in [0.25, 0.3) is 0 Å². The van der Waals surface area contributed by atoms with E-state index in [1.165, 1.54) is 32.2 Å². The topological polar surface area (TPSA) is 61.6 Å². The van der Waals surface area contributed by atoms with Crippen molar-refractivity contribution in [3.8, 4) is 5.75 Å². The molecule has 1 aliphatic heterocycles. The number of aryl methyl sites for hydroxylation is 1. The lowest BCUT2D eigenvalue weighted by Crippen LogP contribution is -2.19. The summed E-state index contributed by atoms with van der Waals surface area (Å²) in [6.45, 7) is 1.25. The van der Waals surface area contributed by atoms with Crippen molar-refractivity contribution in [3.63, 3.8) is 0 Å². The molecule has 3 aromatic carbocycles. The van der Waals surface area contributed by atoms with Gasteiger partial charge in [-0.05, 0) is 41.6 Å². The second kappa shape index (κ2) is 7.96. The van der Waals surface area contributed by atoms with Gasteiger partial charge in [-0.2, -0.15) is 26.3 Å². The summed E-state index contributed by atoms with van der Waals surface area (Å²) < 4.78 is 92.7. The van der Waals surface area contributed by atoms with Crippen molar-refractivity contribution in [2.45, 2.75) is 25.4 Å². The van der Waals surface area contributed by atoms with Gasteiger partial charge in [0.05, 0.1) is 23.8 Å². The van der Waals surface area contributed by atoms with Crippen molar-refractivity contribution in [3.05, 3.63) is 82.2 Å². The monoisotopic (exact) mass is 481 g/mol. The van der Waals surface area contributed by atoms with Gasteiger partial charge in [0, 0.05) is 10.9 Å². The smallest absolute Gasteiger partial charge is 0.417 e. The molecule has 0 fully saturated rings. The first-order chi connectivity index (χ1) is 15.8. The van der Waals surface area contributed by atoms with Gasteiger partial charge in [-0.25, -0.2) is 0 Å². The minimum Gasteiger partial charge on any atom is -0.496 e. The van der Waals surface area contributed by atoms with E-state index in [1.807, 2.05) is 0 Å². The Bertz CT molecular complexity index is 1340. The zero-order valence-electron chi connectivity index (χ0n) is 17.8. The lowest BCUT2D eigenvalue weighted by molar-refractivity contribution is -0.140. The van der Waals surface area contributed by atoms with Crippen molar-refractivity contribution in [2.75, 3.05) is 7.11 Å². The Balaban J connectivity index is 1.95. The lowest BCUT2D eigenvalue weighted by Gasteiger charge is -2.23. The lowest BCUT2D eigenvalue weighted by atomic mass is 9.87. The number of rotatable bonds is 3. The van der Waals surface area contributed by atoms with Gasteiger partial charge in [0.2, 0.25) is 5.78 Å². The SMILES string of the molecule is COc1cccc2cc(C)c(C(F)(F)F)c(C3OC(N)=C(c4cccc(C(F)(F)F)c4)C3=O)c12. The van der Waals surface area contributed by atoms with E-state index < -0.39 is 52.4 Å². The highest BCUT2D eigenvalue weighted by atomic mass is 19.4. The first kappa shape index (κ1) is 23.5. The van der Waals surface area contributed by atoms with E-state index in [2.05, 4.69) is 0 Å². The Morgan fingerprint density at radius 2 is 1.65 bits per heavy atom. The van der Waals surface area contributed by atoms with Gasteiger partial charge in [0.15, 0.2) is 12.0 Å². The Labute approximate surface area is 189 Å². The molecule has 178 valence electrons. The van der Waals surface area contributed by atoms with E-state index in [4.69, 9.17) is 15.2 Å². The van der Waals surface area contributed by atoms with Crippen LogP contribution in [-0.4, -0.2) is 12.9 Å². The van der Waals surface area contributed by atoms with Gasteiger partial charge in [0.1, 0.15) is 5.75 Å². The van der Waals surface area contributed by atoms with E-state index in [1.54, 1.807) is 12.1 Å². The highest BCUT2D eigenvalue weighted by molar-refractivity contribution is 6.26. The molecular formula is C24H17F6NO3. The summed E-state index contributed by atoms with van der Waals surface area (Å²) in [5.74, 6) is -1.48. The van der Waals surface area contributed by atoms with Crippen LogP contribution in [0.25, 0.3) is 16.3 Å². The fourth-order valence-corrected chi connectivity index (χ4v) is 4.23. The van der Waals surface area contributed by atoms with E-state index in [0.717, 1.165) is 12.1 Å². The molecule has 34 heavy (non-hydrogen) atoms. The van der Waals surface area contributed by atoms with Gasteiger partial charge in [-0.1, -0.05) is 30.3 Å². The standard InChI is InChI=1S/C24H17F6NO3/c1-11-9-12-6-4-8-15(33-2)16(12)18(19(11)24(28,29)30)21-20(32)17(22(31)34-21)13-5-3-7-14(10-13)23(25,26)27/h3-10,21H,31H2,1-2H3. The van der Waals surface area contributed by atoms with Crippen molar-refractivity contribution in [2.24, 2.45) is 5.73 Å². The van der Waals surface area contributed by atoms with Crippen molar-refractivity contribution in [1.82, 2.24) is 0 Å². The van der Waals surface area contributed by atoms with E-state index in [0.29, 0.717) is 11.5 Å². The third-order valence-electron chi connectivity index (χ3n) is 5.58. The summed E-state index contributed by atoms with van der Waals surface area (Å²) in [4.78, 5) is 13.4. The predicted octanol–water partition coefficient (Wildman–Crippen LogP) is 6.16. The zero-order chi connectivity index (χ0) is 25.0. The number of ketones is 1. The molecule has 1 heterocycles. The van der Waals surface area contributed by atoms with Crippen molar-refractivity contribution < 1.29 is 40.6 Å². The number of nitrogens with two attached hydrogens (primary N) is 1. The second-order valence-corrected chi connectivity index (χ2v) is 7.72.